The third-order valence-electron chi connectivity index (χ3n) is 6.33. The van der Waals surface area contributed by atoms with E-state index in [2.05, 4.69) is 12.2 Å². The van der Waals surface area contributed by atoms with Gasteiger partial charge in [-0.05, 0) is 48.4 Å². The predicted octanol–water partition coefficient (Wildman–Crippen LogP) is 2.41. The van der Waals surface area contributed by atoms with Gasteiger partial charge >= 0.3 is 5.97 Å². The molecule has 0 radical (unpaired) electrons. The van der Waals surface area contributed by atoms with Gasteiger partial charge in [0, 0.05) is 6.54 Å². The van der Waals surface area contributed by atoms with E-state index in [1.165, 1.54) is 25.7 Å². The van der Waals surface area contributed by atoms with Gasteiger partial charge in [-0.1, -0.05) is 63.3 Å². The number of aliphatic hydroxyl groups excluding tert-OH is 5. The molecule has 9 heteroatoms. The van der Waals surface area contributed by atoms with Crippen LogP contribution in [0.25, 0.3) is 10.8 Å². The second-order valence-corrected chi connectivity index (χ2v) is 9.30. The molecule has 5 atom stereocenters. The maximum atomic E-state index is 10.9. The lowest BCUT2D eigenvalue weighted by atomic mass is 9.98. The van der Waals surface area contributed by atoms with Crippen LogP contribution in [0.15, 0.2) is 36.4 Å². The first kappa shape index (κ1) is 32.8. The summed E-state index contributed by atoms with van der Waals surface area (Å²) in [5.41, 5.74) is 0.815. The van der Waals surface area contributed by atoms with Crippen molar-refractivity contribution in [2.24, 2.45) is 0 Å². The summed E-state index contributed by atoms with van der Waals surface area (Å²) in [4.78, 5) is 10.9. The van der Waals surface area contributed by atoms with Gasteiger partial charge in [-0.15, -0.1) is 0 Å². The zero-order valence-corrected chi connectivity index (χ0v) is 22.2. The fraction of sp³-hybridized carbons (Fsp3) is 0.607. The van der Waals surface area contributed by atoms with Crippen LogP contribution in [0.1, 0.15) is 63.9 Å². The van der Waals surface area contributed by atoms with E-state index in [1.807, 2.05) is 36.4 Å². The standard InChI is InChI=1S/C14H31NO5.C14H14O3/c1-2-3-4-5-6-7-8-15-9-11(17)13(19)14(20)12(18)10-16;1-9(14(15)16)10-3-4-12-8-13(17-2)6-5-11(12)7-10/h11-20H,2-10H2,1H3;3-9H,1-2H3,(H,15,16). The van der Waals surface area contributed by atoms with Crippen molar-refractivity contribution in [3.05, 3.63) is 42.0 Å². The molecule has 0 aliphatic rings. The molecule has 0 amide bonds. The van der Waals surface area contributed by atoms with Gasteiger partial charge in [0.25, 0.3) is 0 Å². The molecule has 210 valence electrons. The number of fused-ring (bicyclic) bond motifs is 1. The van der Waals surface area contributed by atoms with E-state index in [0.29, 0.717) is 0 Å². The van der Waals surface area contributed by atoms with Crippen LogP contribution in [0.4, 0.5) is 0 Å². The zero-order valence-electron chi connectivity index (χ0n) is 22.2. The molecular formula is C28H45NO8. The van der Waals surface area contributed by atoms with Crippen molar-refractivity contribution in [2.75, 3.05) is 26.8 Å². The van der Waals surface area contributed by atoms with Gasteiger partial charge in [-0.2, -0.15) is 0 Å². The molecule has 0 saturated heterocycles. The van der Waals surface area contributed by atoms with Crippen LogP contribution < -0.4 is 10.1 Å². The molecule has 2 rings (SSSR count). The van der Waals surface area contributed by atoms with Crippen molar-refractivity contribution in [3.63, 3.8) is 0 Å². The first-order valence-electron chi connectivity index (χ1n) is 13.0. The average Bonchev–Trinajstić information content (AvgIpc) is 2.92. The molecule has 0 aliphatic heterocycles. The number of carbonyl (C=O) groups is 1. The summed E-state index contributed by atoms with van der Waals surface area (Å²) in [6.07, 6.45) is 1.45. The van der Waals surface area contributed by atoms with Crippen LogP contribution in [0.2, 0.25) is 0 Å². The Labute approximate surface area is 219 Å². The van der Waals surface area contributed by atoms with Crippen LogP contribution in [0.5, 0.6) is 5.75 Å². The van der Waals surface area contributed by atoms with Crippen LogP contribution in [-0.2, 0) is 4.79 Å². The average molecular weight is 524 g/mol. The van der Waals surface area contributed by atoms with E-state index in [0.717, 1.165) is 41.5 Å². The Morgan fingerprint density at radius 3 is 2.11 bits per heavy atom. The van der Waals surface area contributed by atoms with Gasteiger partial charge in [0.05, 0.1) is 25.7 Å². The van der Waals surface area contributed by atoms with Crippen LogP contribution in [-0.4, -0.2) is 87.8 Å². The summed E-state index contributed by atoms with van der Waals surface area (Å²) in [5, 5.41) is 60.5. The SMILES string of the molecule is CCCCCCCCNCC(O)C(O)C(O)C(O)CO.COc1ccc2cc(C(C)C(=O)O)ccc2c1. The minimum absolute atomic E-state index is 0.144. The summed E-state index contributed by atoms with van der Waals surface area (Å²) < 4.78 is 5.14. The molecule has 0 heterocycles. The molecular weight excluding hydrogens is 478 g/mol. The summed E-state index contributed by atoms with van der Waals surface area (Å²) in [6.45, 7) is 4.10. The molecule has 0 spiro atoms. The zero-order chi connectivity index (χ0) is 27.8. The third kappa shape index (κ3) is 11.8. The van der Waals surface area contributed by atoms with Gasteiger partial charge in [0.2, 0.25) is 0 Å². The quantitative estimate of drug-likeness (QED) is 0.164. The Balaban J connectivity index is 0.000000373. The fourth-order valence-corrected chi connectivity index (χ4v) is 3.75. The van der Waals surface area contributed by atoms with Crippen molar-refractivity contribution in [3.8, 4) is 5.75 Å². The number of carboxylic acids is 1. The van der Waals surface area contributed by atoms with Crippen molar-refractivity contribution >= 4 is 16.7 Å². The number of ether oxygens (including phenoxy) is 1. The molecule has 7 N–H and O–H groups in total. The minimum atomic E-state index is -1.55. The normalized spacial score (nSPS) is 15.2. The van der Waals surface area contributed by atoms with E-state index in [4.69, 9.17) is 20.1 Å². The molecule has 0 aromatic heterocycles. The van der Waals surface area contributed by atoms with E-state index in [1.54, 1.807) is 14.0 Å². The Morgan fingerprint density at radius 1 is 0.892 bits per heavy atom. The van der Waals surface area contributed by atoms with Gasteiger partial charge < -0.3 is 40.7 Å². The van der Waals surface area contributed by atoms with Crippen molar-refractivity contribution < 1.29 is 40.2 Å². The molecule has 37 heavy (non-hydrogen) atoms. The number of aliphatic carboxylic acids is 1. The van der Waals surface area contributed by atoms with Crippen LogP contribution >= 0.6 is 0 Å². The number of methoxy groups -OCH3 is 1. The number of unbranched alkanes of at least 4 members (excludes halogenated alkanes) is 5. The van der Waals surface area contributed by atoms with E-state index in [9.17, 15) is 20.1 Å². The fourth-order valence-electron chi connectivity index (χ4n) is 3.75. The minimum Gasteiger partial charge on any atom is -0.497 e. The van der Waals surface area contributed by atoms with E-state index in [-0.39, 0.29) is 6.54 Å². The lowest BCUT2D eigenvalue weighted by Crippen LogP contribution is -2.49. The van der Waals surface area contributed by atoms with Gasteiger partial charge in [0.15, 0.2) is 0 Å². The number of nitrogens with one attached hydrogen (secondary N) is 1. The highest BCUT2D eigenvalue weighted by atomic mass is 16.5. The van der Waals surface area contributed by atoms with Gasteiger partial charge in [-0.3, -0.25) is 4.79 Å². The topological polar surface area (TPSA) is 160 Å². The second kappa shape index (κ2) is 18.1. The van der Waals surface area contributed by atoms with E-state index >= 15 is 0 Å². The summed E-state index contributed by atoms with van der Waals surface area (Å²) in [7, 11) is 1.63. The Kier molecular flexibility index (Phi) is 16.0. The molecule has 2 aromatic rings. The lowest BCUT2D eigenvalue weighted by Gasteiger charge is -2.25. The van der Waals surface area contributed by atoms with Crippen LogP contribution in [0, 0.1) is 0 Å². The Bertz CT molecular complexity index is 909. The first-order chi connectivity index (χ1) is 17.7. The third-order valence-corrected chi connectivity index (χ3v) is 6.33. The van der Waals surface area contributed by atoms with Crippen molar-refractivity contribution in [2.45, 2.75) is 82.7 Å². The second-order valence-electron chi connectivity index (χ2n) is 9.30. The Morgan fingerprint density at radius 2 is 1.49 bits per heavy atom. The molecule has 2 aromatic carbocycles. The molecule has 0 bridgehead atoms. The summed E-state index contributed by atoms with van der Waals surface area (Å²) in [6, 6.07) is 11.4. The molecule has 0 aliphatic carbocycles. The number of carboxylic acid groups (broad SMARTS) is 1. The molecule has 5 unspecified atom stereocenters. The summed E-state index contributed by atoms with van der Waals surface area (Å²) >= 11 is 0. The van der Waals surface area contributed by atoms with E-state index < -0.39 is 42.9 Å². The van der Waals surface area contributed by atoms with Gasteiger partial charge in [0.1, 0.15) is 24.1 Å². The molecule has 9 nitrogen and oxygen atoms in total. The maximum absolute atomic E-state index is 10.9. The highest BCUT2D eigenvalue weighted by Crippen LogP contribution is 2.25. The monoisotopic (exact) mass is 523 g/mol. The maximum Gasteiger partial charge on any atom is 0.310 e. The highest BCUT2D eigenvalue weighted by Gasteiger charge is 2.29. The smallest absolute Gasteiger partial charge is 0.310 e. The lowest BCUT2D eigenvalue weighted by molar-refractivity contribution is -0.138. The molecule has 0 fully saturated rings. The predicted molar refractivity (Wildman–Crippen MR) is 144 cm³/mol. The number of aliphatic hydroxyl groups is 5. The Hall–Kier alpha value is -2.27. The summed E-state index contributed by atoms with van der Waals surface area (Å²) in [5.74, 6) is -0.490. The van der Waals surface area contributed by atoms with Crippen LogP contribution in [0.3, 0.4) is 0 Å². The number of rotatable bonds is 16. The molecule has 0 saturated carbocycles. The number of hydrogen-bond acceptors (Lipinski definition) is 8. The van der Waals surface area contributed by atoms with Crippen molar-refractivity contribution in [1.29, 1.82) is 0 Å². The van der Waals surface area contributed by atoms with Crippen molar-refractivity contribution in [1.82, 2.24) is 5.32 Å². The van der Waals surface area contributed by atoms with Gasteiger partial charge in [-0.25, -0.2) is 0 Å². The first-order valence-corrected chi connectivity index (χ1v) is 13.0. The largest absolute Gasteiger partial charge is 0.497 e. The number of hydrogen-bond donors (Lipinski definition) is 7. The number of benzene rings is 2. The highest BCUT2D eigenvalue weighted by molar-refractivity contribution is 5.86.